The molecule has 0 heterocycles. The molecule has 2 N–H and O–H groups in total. The van der Waals surface area contributed by atoms with Crippen LogP contribution >= 0.6 is 0 Å². The summed E-state index contributed by atoms with van der Waals surface area (Å²) in [6, 6.07) is 3.89. The number of ether oxygens (including phenoxy) is 1. The summed E-state index contributed by atoms with van der Waals surface area (Å²) in [4.78, 5) is 0. The van der Waals surface area contributed by atoms with E-state index in [4.69, 9.17) is 10.5 Å². The van der Waals surface area contributed by atoms with E-state index in [2.05, 4.69) is 0 Å². The molecule has 1 aromatic carbocycles. The Bertz CT molecular complexity index is 393. The maximum Gasteiger partial charge on any atom is 0.162 e. The zero-order valence-electron chi connectivity index (χ0n) is 9.83. The zero-order valence-corrected chi connectivity index (χ0v) is 9.83. The summed E-state index contributed by atoms with van der Waals surface area (Å²) >= 11 is 0. The lowest BCUT2D eigenvalue weighted by Crippen LogP contribution is -2.39. The van der Waals surface area contributed by atoms with Gasteiger partial charge in [0.05, 0.1) is 6.10 Å². The van der Waals surface area contributed by atoms with Crippen LogP contribution in [0.5, 0.6) is 0 Å². The highest BCUT2D eigenvalue weighted by molar-refractivity contribution is 5.20. The number of hydrogen-bond acceptors (Lipinski definition) is 2. The number of hydrogen-bond donors (Lipinski definition) is 1. The van der Waals surface area contributed by atoms with Crippen LogP contribution in [0.1, 0.15) is 18.4 Å². The van der Waals surface area contributed by atoms with Crippen LogP contribution in [-0.2, 0) is 11.2 Å². The van der Waals surface area contributed by atoms with Crippen molar-refractivity contribution < 1.29 is 13.5 Å². The first kappa shape index (κ1) is 12.5. The molecule has 0 aliphatic heterocycles. The molecule has 4 heteroatoms. The first-order valence-corrected chi connectivity index (χ1v) is 5.84. The Labute approximate surface area is 99.8 Å². The molecule has 17 heavy (non-hydrogen) atoms. The van der Waals surface area contributed by atoms with Gasteiger partial charge in [-0.3, -0.25) is 0 Å². The molecule has 0 saturated heterocycles. The van der Waals surface area contributed by atoms with Crippen LogP contribution in [0.25, 0.3) is 0 Å². The zero-order chi connectivity index (χ0) is 12.4. The van der Waals surface area contributed by atoms with Crippen LogP contribution in [-0.4, -0.2) is 19.3 Å². The molecule has 94 valence electrons. The maximum atomic E-state index is 13.5. The lowest BCUT2D eigenvalue weighted by molar-refractivity contribution is 0.0624. The van der Waals surface area contributed by atoms with E-state index < -0.39 is 11.6 Å². The Balaban J connectivity index is 2.06. The predicted molar refractivity (Wildman–Crippen MR) is 61.6 cm³/mol. The van der Waals surface area contributed by atoms with Gasteiger partial charge in [0.25, 0.3) is 0 Å². The molecule has 1 aliphatic rings. The summed E-state index contributed by atoms with van der Waals surface area (Å²) in [7, 11) is 1.62. The molecule has 0 bridgehead atoms. The highest BCUT2D eigenvalue weighted by Gasteiger charge is 2.35. The standard InChI is InChI=1S/C13H17F2NO/c1-17-13(8-5-6-8)11(16)7-9-3-2-4-10(14)12(9)15/h2-4,8,11,13H,5-7,16H2,1H3. The molecule has 0 amide bonds. The molecular weight excluding hydrogens is 224 g/mol. The molecule has 2 rings (SSSR count). The fraction of sp³-hybridized carbons (Fsp3) is 0.538. The number of benzene rings is 1. The van der Waals surface area contributed by atoms with Gasteiger partial charge < -0.3 is 10.5 Å². The van der Waals surface area contributed by atoms with Crippen molar-refractivity contribution in [1.82, 2.24) is 0 Å². The number of halogens is 2. The first-order chi connectivity index (χ1) is 8.13. The fourth-order valence-electron chi connectivity index (χ4n) is 2.22. The Morgan fingerprint density at radius 2 is 2.12 bits per heavy atom. The smallest absolute Gasteiger partial charge is 0.162 e. The van der Waals surface area contributed by atoms with Crippen molar-refractivity contribution in [2.24, 2.45) is 11.7 Å². The van der Waals surface area contributed by atoms with Crippen LogP contribution in [0.2, 0.25) is 0 Å². The van der Waals surface area contributed by atoms with Gasteiger partial charge in [-0.25, -0.2) is 8.78 Å². The monoisotopic (exact) mass is 241 g/mol. The van der Waals surface area contributed by atoms with Crippen molar-refractivity contribution >= 4 is 0 Å². The Kier molecular flexibility index (Phi) is 3.74. The van der Waals surface area contributed by atoms with Gasteiger partial charge in [-0.2, -0.15) is 0 Å². The molecule has 2 unspecified atom stereocenters. The van der Waals surface area contributed by atoms with Crippen molar-refractivity contribution in [3.63, 3.8) is 0 Å². The Morgan fingerprint density at radius 1 is 1.41 bits per heavy atom. The molecule has 1 fully saturated rings. The van der Waals surface area contributed by atoms with E-state index in [1.54, 1.807) is 13.2 Å². The topological polar surface area (TPSA) is 35.2 Å². The van der Waals surface area contributed by atoms with Crippen LogP contribution < -0.4 is 5.73 Å². The molecule has 1 aliphatic carbocycles. The second-order valence-electron chi connectivity index (χ2n) is 4.62. The van der Waals surface area contributed by atoms with Gasteiger partial charge in [0.15, 0.2) is 11.6 Å². The molecule has 2 atom stereocenters. The van der Waals surface area contributed by atoms with Crippen molar-refractivity contribution in [3.05, 3.63) is 35.4 Å². The van der Waals surface area contributed by atoms with Gasteiger partial charge in [-0.15, -0.1) is 0 Å². The summed E-state index contributed by atoms with van der Waals surface area (Å²) in [5.74, 6) is -1.14. The SMILES string of the molecule is COC(C(N)Cc1cccc(F)c1F)C1CC1. The van der Waals surface area contributed by atoms with E-state index in [1.807, 2.05) is 0 Å². The van der Waals surface area contributed by atoms with Crippen LogP contribution in [0.3, 0.4) is 0 Å². The predicted octanol–water partition coefficient (Wildman–Crippen LogP) is 2.26. The molecule has 2 nitrogen and oxygen atoms in total. The van der Waals surface area contributed by atoms with Crippen LogP contribution in [0.15, 0.2) is 18.2 Å². The van der Waals surface area contributed by atoms with E-state index >= 15 is 0 Å². The largest absolute Gasteiger partial charge is 0.380 e. The van der Waals surface area contributed by atoms with Gasteiger partial charge in [0, 0.05) is 13.2 Å². The van der Waals surface area contributed by atoms with Gasteiger partial charge in [-0.05, 0) is 36.8 Å². The first-order valence-electron chi connectivity index (χ1n) is 5.84. The third kappa shape index (κ3) is 2.82. The summed E-state index contributed by atoms with van der Waals surface area (Å²) in [6.07, 6.45) is 2.46. The van der Waals surface area contributed by atoms with E-state index in [1.165, 1.54) is 6.07 Å². The van der Waals surface area contributed by atoms with E-state index in [9.17, 15) is 8.78 Å². The molecule has 0 radical (unpaired) electrons. The minimum Gasteiger partial charge on any atom is -0.380 e. The van der Waals surface area contributed by atoms with E-state index in [0.29, 0.717) is 17.9 Å². The summed E-state index contributed by atoms with van der Waals surface area (Å²) in [6.45, 7) is 0. The minimum absolute atomic E-state index is 0.0577. The van der Waals surface area contributed by atoms with Crippen molar-refractivity contribution in [2.75, 3.05) is 7.11 Å². The van der Waals surface area contributed by atoms with E-state index in [0.717, 1.165) is 18.9 Å². The van der Waals surface area contributed by atoms with Crippen molar-refractivity contribution in [3.8, 4) is 0 Å². The normalized spacial score (nSPS) is 19.1. The molecule has 1 aromatic rings. The summed E-state index contributed by atoms with van der Waals surface area (Å²) in [5, 5.41) is 0. The van der Waals surface area contributed by atoms with Gasteiger partial charge >= 0.3 is 0 Å². The quantitative estimate of drug-likeness (QED) is 0.858. The molecule has 1 saturated carbocycles. The van der Waals surface area contributed by atoms with Gasteiger partial charge in [0.1, 0.15) is 0 Å². The minimum atomic E-state index is -0.824. The van der Waals surface area contributed by atoms with Crippen molar-refractivity contribution in [2.45, 2.75) is 31.4 Å². The lowest BCUT2D eigenvalue weighted by Gasteiger charge is -2.22. The average Bonchev–Trinajstić information content (AvgIpc) is 3.10. The van der Waals surface area contributed by atoms with Gasteiger partial charge in [0.2, 0.25) is 0 Å². The highest BCUT2D eigenvalue weighted by Crippen LogP contribution is 2.35. The number of rotatable bonds is 5. The number of methoxy groups -OCH3 is 1. The van der Waals surface area contributed by atoms with Crippen LogP contribution in [0.4, 0.5) is 8.78 Å². The van der Waals surface area contributed by atoms with Crippen molar-refractivity contribution in [1.29, 1.82) is 0 Å². The molecule has 0 spiro atoms. The van der Waals surface area contributed by atoms with E-state index in [-0.39, 0.29) is 12.1 Å². The second kappa shape index (κ2) is 5.10. The van der Waals surface area contributed by atoms with Gasteiger partial charge in [-0.1, -0.05) is 12.1 Å². The number of nitrogens with two attached hydrogens (primary N) is 1. The second-order valence-corrected chi connectivity index (χ2v) is 4.62. The lowest BCUT2D eigenvalue weighted by atomic mass is 9.98. The maximum absolute atomic E-state index is 13.5. The van der Waals surface area contributed by atoms with Crippen LogP contribution in [0, 0.1) is 17.6 Å². The Morgan fingerprint density at radius 3 is 2.71 bits per heavy atom. The summed E-state index contributed by atoms with van der Waals surface area (Å²) < 4.78 is 31.8. The third-order valence-electron chi connectivity index (χ3n) is 3.27. The third-order valence-corrected chi connectivity index (χ3v) is 3.27. The Hall–Kier alpha value is -1.00. The summed E-state index contributed by atoms with van der Waals surface area (Å²) in [5.41, 5.74) is 6.33. The average molecular weight is 241 g/mol. The molecular formula is C13H17F2NO. The highest BCUT2D eigenvalue weighted by atomic mass is 19.2. The molecule has 0 aromatic heterocycles. The fourth-order valence-corrected chi connectivity index (χ4v) is 2.22.